The summed E-state index contributed by atoms with van der Waals surface area (Å²) in [6.45, 7) is 6.75. The molecule has 0 saturated heterocycles. The van der Waals surface area contributed by atoms with Crippen LogP contribution >= 0.6 is 11.6 Å². The van der Waals surface area contributed by atoms with Crippen LogP contribution in [0.25, 0.3) is 0 Å². The Hall–Kier alpha value is -0.870. The average molecular weight is 286 g/mol. The first kappa shape index (κ1) is 16.2. The molecule has 1 rings (SSSR count). The largest absolute Gasteiger partial charge is 0.381 e. The second kappa shape index (κ2) is 9.98. The van der Waals surface area contributed by atoms with Crippen LogP contribution in [-0.2, 0) is 11.2 Å². The lowest BCUT2D eigenvalue weighted by Crippen LogP contribution is -2.09. The predicted molar refractivity (Wildman–Crippen MR) is 79.9 cm³/mol. The van der Waals surface area contributed by atoms with Gasteiger partial charge in [-0.15, -0.1) is 0 Å². The predicted octanol–water partition coefficient (Wildman–Crippen LogP) is 3.70. The van der Waals surface area contributed by atoms with Crippen molar-refractivity contribution in [3.63, 3.8) is 0 Å². The van der Waals surface area contributed by atoms with Gasteiger partial charge in [0.25, 0.3) is 0 Å². The molecule has 0 fully saturated rings. The third kappa shape index (κ3) is 7.33. The molecule has 0 unspecified atom stereocenters. The van der Waals surface area contributed by atoms with Gasteiger partial charge in [-0.1, -0.05) is 31.9 Å². The summed E-state index contributed by atoms with van der Waals surface area (Å²) in [6, 6.07) is 1.76. The van der Waals surface area contributed by atoms with Crippen LogP contribution in [0.1, 0.15) is 45.4 Å². The molecule has 0 aliphatic rings. The molecule has 0 atom stereocenters. The Balaban J connectivity index is 2.25. The van der Waals surface area contributed by atoms with Crippen LogP contribution < -0.4 is 5.32 Å². The Morgan fingerprint density at radius 3 is 2.68 bits per heavy atom. The maximum Gasteiger partial charge on any atom is 0.134 e. The Labute approximate surface area is 120 Å². The van der Waals surface area contributed by atoms with Gasteiger partial charge in [0.2, 0.25) is 0 Å². The third-order valence-electron chi connectivity index (χ3n) is 2.63. The van der Waals surface area contributed by atoms with Crippen molar-refractivity contribution < 1.29 is 4.74 Å². The minimum absolute atomic E-state index is 0.500. The van der Waals surface area contributed by atoms with Crippen molar-refractivity contribution >= 4 is 17.4 Å². The highest BCUT2D eigenvalue weighted by molar-refractivity contribution is 6.29. The fourth-order valence-corrected chi connectivity index (χ4v) is 1.83. The van der Waals surface area contributed by atoms with Gasteiger partial charge in [-0.25, -0.2) is 9.97 Å². The summed E-state index contributed by atoms with van der Waals surface area (Å²) in [5, 5.41) is 3.76. The molecule has 0 bridgehead atoms. The highest BCUT2D eigenvalue weighted by Crippen LogP contribution is 2.12. The van der Waals surface area contributed by atoms with Crippen molar-refractivity contribution in [3.05, 3.63) is 17.0 Å². The van der Waals surface area contributed by atoms with Gasteiger partial charge in [0.1, 0.15) is 16.8 Å². The number of hydrogen-bond donors (Lipinski definition) is 1. The number of hydrogen-bond acceptors (Lipinski definition) is 4. The van der Waals surface area contributed by atoms with Gasteiger partial charge in [-0.2, -0.15) is 0 Å². The molecule has 0 amide bonds. The number of aryl methyl sites for hydroxylation is 1. The molecule has 1 N–H and O–H groups in total. The number of nitrogens with zero attached hydrogens (tertiary/aromatic N) is 2. The number of aromatic nitrogens is 2. The van der Waals surface area contributed by atoms with Gasteiger partial charge in [0.05, 0.1) is 0 Å². The molecule has 1 heterocycles. The minimum Gasteiger partial charge on any atom is -0.381 e. The van der Waals surface area contributed by atoms with Crippen molar-refractivity contribution in [1.29, 1.82) is 0 Å². The SMILES string of the molecule is CCCCOCCCNc1cc(Cl)nc(CCC)n1. The number of ether oxygens (including phenoxy) is 1. The van der Waals surface area contributed by atoms with Gasteiger partial charge in [0, 0.05) is 32.2 Å². The fraction of sp³-hybridized carbons (Fsp3) is 0.714. The zero-order valence-corrected chi connectivity index (χ0v) is 12.7. The molecule has 0 aliphatic heterocycles. The highest BCUT2D eigenvalue weighted by Gasteiger charge is 2.02. The lowest BCUT2D eigenvalue weighted by atomic mass is 10.3. The Morgan fingerprint density at radius 1 is 1.16 bits per heavy atom. The quantitative estimate of drug-likeness (QED) is 0.526. The van der Waals surface area contributed by atoms with E-state index in [-0.39, 0.29) is 0 Å². The second-order valence-corrected chi connectivity index (χ2v) is 4.88. The lowest BCUT2D eigenvalue weighted by Gasteiger charge is -2.08. The number of anilines is 1. The summed E-state index contributed by atoms with van der Waals surface area (Å²) >= 11 is 5.97. The normalized spacial score (nSPS) is 10.7. The molecule has 0 saturated carbocycles. The average Bonchev–Trinajstić information content (AvgIpc) is 2.37. The summed E-state index contributed by atoms with van der Waals surface area (Å²) in [5.74, 6) is 1.61. The first-order valence-electron chi connectivity index (χ1n) is 7.11. The van der Waals surface area contributed by atoms with Crippen LogP contribution in [0.3, 0.4) is 0 Å². The van der Waals surface area contributed by atoms with Gasteiger partial charge in [0.15, 0.2) is 0 Å². The maximum atomic E-state index is 5.97. The van der Waals surface area contributed by atoms with Gasteiger partial charge < -0.3 is 10.1 Å². The van der Waals surface area contributed by atoms with Crippen LogP contribution in [0.15, 0.2) is 6.07 Å². The Morgan fingerprint density at radius 2 is 1.95 bits per heavy atom. The molecule has 0 aromatic carbocycles. The van der Waals surface area contributed by atoms with Crippen LogP contribution in [0.4, 0.5) is 5.82 Å². The smallest absolute Gasteiger partial charge is 0.134 e. The van der Waals surface area contributed by atoms with Gasteiger partial charge >= 0.3 is 0 Å². The van der Waals surface area contributed by atoms with E-state index in [0.29, 0.717) is 5.15 Å². The number of nitrogens with one attached hydrogen (secondary N) is 1. The molecule has 4 nitrogen and oxygen atoms in total. The molecule has 0 aliphatic carbocycles. The molecular weight excluding hydrogens is 262 g/mol. The van der Waals surface area contributed by atoms with Crippen molar-refractivity contribution in [2.24, 2.45) is 0 Å². The van der Waals surface area contributed by atoms with Crippen molar-refractivity contribution in [2.75, 3.05) is 25.1 Å². The maximum absolute atomic E-state index is 5.97. The standard InChI is InChI=1S/C14H24ClN3O/c1-3-5-9-19-10-6-8-16-14-11-12(15)17-13(18-14)7-4-2/h11H,3-10H2,1-2H3,(H,16,17,18). The molecule has 108 valence electrons. The molecule has 0 spiro atoms. The van der Waals surface area contributed by atoms with Gasteiger partial charge in [-0.3, -0.25) is 0 Å². The van der Waals surface area contributed by atoms with Crippen molar-refractivity contribution in [2.45, 2.75) is 46.0 Å². The Kier molecular flexibility index (Phi) is 8.50. The Bertz CT molecular complexity index is 361. The number of unbranched alkanes of at least 4 members (excludes halogenated alkanes) is 1. The second-order valence-electron chi connectivity index (χ2n) is 4.49. The molecule has 19 heavy (non-hydrogen) atoms. The number of halogens is 1. The topological polar surface area (TPSA) is 47.0 Å². The van der Waals surface area contributed by atoms with Crippen molar-refractivity contribution in [1.82, 2.24) is 9.97 Å². The molecule has 1 aromatic rings. The van der Waals surface area contributed by atoms with E-state index in [1.54, 1.807) is 6.07 Å². The van der Waals surface area contributed by atoms with E-state index in [0.717, 1.165) is 57.1 Å². The van der Waals surface area contributed by atoms with E-state index in [1.165, 1.54) is 6.42 Å². The van der Waals surface area contributed by atoms with E-state index in [2.05, 4.69) is 29.1 Å². The summed E-state index contributed by atoms with van der Waals surface area (Å²) in [4.78, 5) is 8.61. The van der Waals surface area contributed by atoms with Crippen LogP contribution in [0, 0.1) is 0 Å². The van der Waals surface area contributed by atoms with Crippen molar-refractivity contribution in [3.8, 4) is 0 Å². The highest BCUT2D eigenvalue weighted by atomic mass is 35.5. The van der Waals surface area contributed by atoms with Crippen LogP contribution in [-0.4, -0.2) is 29.7 Å². The lowest BCUT2D eigenvalue weighted by molar-refractivity contribution is 0.131. The summed E-state index contributed by atoms with van der Waals surface area (Å²) in [5.41, 5.74) is 0. The first-order valence-corrected chi connectivity index (χ1v) is 7.49. The summed E-state index contributed by atoms with van der Waals surface area (Å²) in [7, 11) is 0. The van der Waals surface area contributed by atoms with E-state index < -0.39 is 0 Å². The zero-order chi connectivity index (χ0) is 13.9. The van der Waals surface area contributed by atoms with E-state index in [4.69, 9.17) is 16.3 Å². The monoisotopic (exact) mass is 285 g/mol. The van der Waals surface area contributed by atoms with E-state index >= 15 is 0 Å². The fourth-order valence-electron chi connectivity index (χ4n) is 1.63. The number of rotatable bonds is 10. The molecular formula is C14H24ClN3O. The molecule has 5 heteroatoms. The van der Waals surface area contributed by atoms with E-state index in [1.807, 2.05) is 0 Å². The summed E-state index contributed by atoms with van der Waals surface area (Å²) < 4.78 is 5.50. The molecule has 1 aromatic heterocycles. The minimum atomic E-state index is 0.500. The first-order chi connectivity index (χ1) is 9.26. The third-order valence-corrected chi connectivity index (χ3v) is 2.82. The van der Waals surface area contributed by atoms with Crippen LogP contribution in [0.2, 0.25) is 5.15 Å². The zero-order valence-electron chi connectivity index (χ0n) is 11.9. The van der Waals surface area contributed by atoms with Crippen LogP contribution in [0.5, 0.6) is 0 Å². The molecule has 0 radical (unpaired) electrons. The van der Waals surface area contributed by atoms with E-state index in [9.17, 15) is 0 Å². The summed E-state index contributed by atoms with van der Waals surface area (Å²) in [6.07, 6.45) is 5.15. The van der Waals surface area contributed by atoms with Gasteiger partial charge in [-0.05, 0) is 19.3 Å².